The molecular weight excluding hydrogens is 546 g/mol. The molecule has 5 nitrogen and oxygen atoms in total. The van der Waals surface area contributed by atoms with E-state index in [1.807, 2.05) is 6.08 Å². The Morgan fingerprint density at radius 3 is 1.39 bits per heavy atom. The van der Waals surface area contributed by atoms with Crippen LogP contribution in [0.2, 0.25) is 0 Å². The van der Waals surface area contributed by atoms with Crippen LogP contribution >= 0.6 is 0 Å². The highest BCUT2D eigenvalue weighted by Gasteiger charge is 2.22. The Bertz CT molecular complexity index is 623. The number of aliphatic hydroxyl groups is 3. The predicted molar refractivity (Wildman–Crippen MR) is 190 cm³/mol. The lowest BCUT2D eigenvalue weighted by atomic mass is 10.0. The minimum absolute atomic E-state index is 0.361. The van der Waals surface area contributed by atoms with Gasteiger partial charge >= 0.3 is 0 Å². The number of hydrogen-bond acceptors (Lipinski definition) is 4. The zero-order chi connectivity index (χ0) is 32.5. The Balaban J connectivity index is 3.68. The van der Waals surface area contributed by atoms with Crippen molar-refractivity contribution in [2.75, 3.05) is 6.61 Å². The zero-order valence-electron chi connectivity index (χ0n) is 29.7. The smallest absolute Gasteiger partial charge is 0.249 e. The second kappa shape index (κ2) is 33.5. The van der Waals surface area contributed by atoms with Crippen LogP contribution in [0.4, 0.5) is 0 Å². The summed E-state index contributed by atoms with van der Waals surface area (Å²) < 4.78 is 0. The molecule has 0 aromatic heterocycles. The lowest BCUT2D eigenvalue weighted by Crippen LogP contribution is -2.48. The summed E-state index contributed by atoms with van der Waals surface area (Å²) in [6.45, 7) is 6.49. The number of amides is 1. The van der Waals surface area contributed by atoms with Gasteiger partial charge in [-0.1, -0.05) is 193 Å². The molecule has 0 rings (SSSR count). The van der Waals surface area contributed by atoms with Gasteiger partial charge in [0.1, 0.15) is 6.10 Å². The van der Waals surface area contributed by atoms with E-state index >= 15 is 0 Å². The number of carbonyl (C=O) groups excluding carboxylic acids is 1. The number of unbranched alkanes of at least 4 members (excludes halogenated alkanes) is 24. The van der Waals surface area contributed by atoms with Gasteiger partial charge in [0.15, 0.2) is 0 Å². The van der Waals surface area contributed by atoms with Crippen molar-refractivity contribution in [1.29, 1.82) is 0 Å². The quantitative estimate of drug-likeness (QED) is 0.0424. The summed E-state index contributed by atoms with van der Waals surface area (Å²) in [7, 11) is 0. The number of allylic oxidation sites excluding steroid dienone is 1. The standard InChI is InChI=1S/C39H77NO4/c1-4-5-6-7-8-9-10-11-12-13-14-15-16-17-20-24-27-30-33-38(43)39(44)40-36(34-41)37(42)32-29-26-23-21-18-19-22-25-28-31-35(2)3/h29,32,35-38,41-43H,4-28,30-31,33-34H2,1-3H3,(H,40,44)/b32-29+/t36-,37+,38?/m0/s1. The molecule has 0 aromatic rings. The Kier molecular flexibility index (Phi) is 32.8. The molecule has 0 heterocycles. The molecule has 4 N–H and O–H groups in total. The van der Waals surface area contributed by atoms with Crippen molar-refractivity contribution in [2.24, 2.45) is 5.92 Å². The molecule has 0 spiro atoms. The Morgan fingerprint density at radius 1 is 0.591 bits per heavy atom. The molecule has 1 amide bonds. The van der Waals surface area contributed by atoms with Crippen LogP contribution in [0.15, 0.2) is 12.2 Å². The summed E-state index contributed by atoms with van der Waals surface area (Å²) >= 11 is 0. The van der Waals surface area contributed by atoms with Crippen LogP contribution in [0.5, 0.6) is 0 Å². The maximum Gasteiger partial charge on any atom is 0.249 e. The van der Waals surface area contributed by atoms with Gasteiger partial charge in [-0.05, 0) is 25.2 Å². The molecule has 44 heavy (non-hydrogen) atoms. The van der Waals surface area contributed by atoms with Crippen LogP contribution < -0.4 is 5.32 Å². The Labute approximate surface area is 274 Å². The first kappa shape index (κ1) is 43.1. The fourth-order valence-electron chi connectivity index (χ4n) is 5.96. The van der Waals surface area contributed by atoms with Gasteiger partial charge < -0.3 is 20.6 Å². The number of rotatable bonds is 34. The molecule has 0 aliphatic rings. The van der Waals surface area contributed by atoms with Crippen LogP contribution in [0, 0.1) is 5.92 Å². The van der Waals surface area contributed by atoms with E-state index < -0.39 is 24.2 Å². The second-order valence-electron chi connectivity index (χ2n) is 14.0. The first-order valence-corrected chi connectivity index (χ1v) is 19.4. The van der Waals surface area contributed by atoms with E-state index in [1.54, 1.807) is 6.08 Å². The first-order chi connectivity index (χ1) is 21.4. The first-order valence-electron chi connectivity index (χ1n) is 19.4. The van der Waals surface area contributed by atoms with Crippen molar-refractivity contribution in [3.8, 4) is 0 Å². The lowest BCUT2D eigenvalue weighted by molar-refractivity contribution is -0.131. The third-order valence-corrected chi connectivity index (χ3v) is 9.06. The summed E-state index contributed by atoms with van der Waals surface area (Å²) in [5, 5.41) is 33.0. The predicted octanol–water partition coefficient (Wildman–Crippen LogP) is 10.3. The normalized spacial score (nSPS) is 14.0. The van der Waals surface area contributed by atoms with Gasteiger partial charge in [-0.3, -0.25) is 4.79 Å². The number of aliphatic hydroxyl groups excluding tert-OH is 3. The van der Waals surface area contributed by atoms with Gasteiger partial charge in [0.25, 0.3) is 0 Å². The second-order valence-corrected chi connectivity index (χ2v) is 14.0. The van der Waals surface area contributed by atoms with Gasteiger partial charge in [0.2, 0.25) is 5.91 Å². The molecule has 0 radical (unpaired) electrons. The van der Waals surface area contributed by atoms with Gasteiger partial charge in [0, 0.05) is 0 Å². The summed E-state index contributed by atoms with van der Waals surface area (Å²) in [6, 6.07) is -0.792. The Morgan fingerprint density at radius 2 is 0.977 bits per heavy atom. The van der Waals surface area contributed by atoms with Crippen molar-refractivity contribution >= 4 is 5.91 Å². The van der Waals surface area contributed by atoms with Crippen molar-refractivity contribution < 1.29 is 20.1 Å². The molecular formula is C39H77NO4. The molecule has 0 aliphatic heterocycles. The van der Waals surface area contributed by atoms with Gasteiger partial charge in [0.05, 0.1) is 18.8 Å². The maximum absolute atomic E-state index is 12.4. The largest absolute Gasteiger partial charge is 0.394 e. The average molecular weight is 624 g/mol. The monoisotopic (exact) mass is 624 g/mol. The van der Waals surface area contributed by atoms with E-state index in [2.05, 4.69) is 26.1 Å². The van der Waals surface area contributed by atoms with Gasteiger partial charge in [-0.2, -0.15) is 0 Å². The van der Waals surface area contributed by atoms with E-state index in [0.717, 1.165) is 38.0 Å². The molecule has 5 heteroatoms. The average Bonchev–Trinajstić information content (AvgIpc) is 3.01. The van der Waals surface area contributed by atoms with Gasteiger partial charge in [-0.15, -0.1) is 0 Å². The van der Waals surface area contributed by atoms with Crippen molar-refractivity contribution in [3.63, 3.8) is 0 Å². The third-order valence-electron chi connectivity index (χ3n) is 9.06. The van der Waals surface area contributed by atoms with Gasteiger partial charge in [-0.25, -0.2) is 0 Å². The highest BCUT2D eigenvalue weighted by Crippen LogP contribution is 2.16. The van der Waals surface area contributed by atoms with Crippen molar-refractivity contribution in [2.45, 2.75) is 219 Å². The molecule has 0 aromatic carbocycles. The summed E-state index contributed by atoms with van der Waals surface area (Å²) in [6.07, 6.45) is 36.6. The lowest BCUT2D eigenvalue weighted by Gasteiger charge is -2.21. The molecule has 0 saturated heterocycles. The topological polar surface area (TPSA) is 89.8 Å². The molecule has 0 bridgehead atoms. The van der Waals surface area contributed by atoms with Crippen molar-refractivity contribution in [1.82, 2.24) is 5.32 Å². The summed E-state index contributed by atoms with van der Waals surface area (Å²) in [5.74, 6) is 0.307. The minimum Gasteiger partial charge on any atom is -0.394 e. The maximum atomic E-state index is 12.4. The number of carbonyl (C=O) groups is 1. The van der Waals surface area contributed by atoms with E-state index in [0.29, 0.717) is 6.42 Å². The van der Waals surface area contributed by atoms with Crippen LogP contribution in [0.3, 0.4) is 0 Å². The third kappa shape index (κ3) is 29.8. The number of hydrogen-bond donors (Lipinski definition) is 4. The molecule has 0 aliphatic carbocycles. The summed E-state index contributed by atoms with van der Waals surface area (Å²) in [5.41, 5.74) is 0. The van der Waals surface area contributed by atoms with Crippen LogP contribution in [-0.4, -0.2) is 46.1 Å². The van der Waals surface area contributed by atoms with E-state index in [-0.39, 0.29) is 6.61 Å². The highest BCUT2D eigenvalue weighted by molar-refractivity contribution is 5.80. The summed E-state index contributed by atoms with van der Waals surface area (Å²) in [4.78, 5) is 12.4. The molecule has 1 unspecified atom stereocenters. The SMILES string of the molecule is CCCCCCCCCCCCCCCCCCCCC(O)C(=O)N[C@@H](CO)[C@H](O)/C=C/CCCCCCCCCC(C)C. The zero-order valence-corrected chi connectivity index (χ0v) is 29.7. The highest BCUT2D eigenvalue weighted by atomic mass is 16.3. The van der Waals surface area contributed by atoms with Crippen LogP contribution in [0.25, 0.3) is 0 Å². The molecule has 0 fully saturated rings. The minimum atomic E-state index is -1.09. The van der Waals surface area contributed by atoms with Crippen LogP contribution in [0.1, 0.15) is 201 Å². The molecule has 3 atom stereocenters. The van der Waals surface area contributed by atoms with E-state index in [9.17, 15) is 20.1 Å². The number of nitrogens with one attached hydrogen (secondary N) is 1. The fourth-order valence-corrected chi connectivity index (χ4v) is 5.96. The van der Waals surface area contributed by atoms with E-state index in [1.165, 1.54) is 141 Å². The molecule has 262 valence electrons. The van der Waals surface area contributed by atoms with E-state index in [4.69, 9.17) is 0 Å². The fraction of sp³-hybridized carbons (Fsp3) is 0.923. The Hall–Kier alpha value is -0.910. The van der Waals surface area contributed by atoms with Crippen LogP contribution in [-0.2, 0) is 4.79 Å². The van der Waals surface area contributed by atoms with Crippen molar-refractivity contribution in [3.05, 3.63) is 12.2 Å². The molecule has 0 saturated carbocycles.